The monoisotopic (exact) mass is 405 g/mol. The highest BCUT2D eigenvalue weighted by Crippen LogP contribution is 2.37. The molecule has 2 aliphatic rings. The first-order valence-electron chi connectivity index (χ1n) is 9.33. The minimum Gasteiger partial charge on any atom is -0.474 e. The molecule has 6 nitrogen and oxygen atoms in total. The van der Waals surface area contributed by atoms with Gasteiger partial charge in [0.1, 0.15) is 29.1 Å². The average Bonchev–Trinajstić information content (AvgIpc) is 2.65. The van der Waals surface area contributed by atoms with E-state index >= 15 is 0 Å². The van der Waals surface area contributed by atoms with Crippen molar-refractivity contribution in [3.05, 3.63) is 29.6 Å². The van der Waals surface area contributed by atoms with E-state index in [2.05, 4.69) is 14.3 Å². The number of hydrogen-bond acceptors (Lipinski definition) is 5. The van der Waals surface area contributed by atoms with E-state index in [-0.39, 0.29) is 6.04 Å². The van der Waals surface area contributed by atoms with Crippen molar-refractivity contribution in [1.82, 2.24) is 4.98 Å². The Labute approximate surface area is 166 Å². The molecule has 28 heavy (non-hydrogen) atoms. The highest BCUT2D eigenvalue weighted by Gasteiger charge is 2.32. The third kappa shape index (κ3) is 3.51. The van der Waals surface area contributed by atoms with E-state index < -0.39 is 21.5 Å². The fraction of sp³-hybridized carbons (Fsp3) is 0.500. The van der Waals surface area contributed by atoms with Crippen molar-refractivity contribution in [3.8, 4) is 5.88 Å². The molecule has 1 aromatic carbocycles. The van der Waals surface area contributed by atoms with Gasteiger partial charge >= 0.3 is 0 Å². The molecule has 0 N–H and O–H groups in total. The van der Waals surface area contributed by atoms with Crippen molar-refractivity contribution >= 4 is 33.3 Å². The molecule has 0 unspecified atom stereocenters. The summed E-state index contributed by atoms with van der Waals surface area (Å²) in [5, 5.41) is 0.767. The van der Waals surface area contributed by atoms with E-state index in [1.807, 2.05) is 26.8 Å². The summed E-state index contributed by atoms with van der Waals surface area (Å²) in [5.74, 6) is 0.0983. The van der Waals surface area contributed by atoms with Crippen molar-refractivity contribution < 1.29 is 18.1 Å². The van der Waals surface area contributed by atoms with Crippen LogP contribution in [0.4, 0.5) is 10.1 Å². The zero-order chi connectivity index (χ0) is 20.1. The summed E-state index contributed by atoms with van der Waals surface area (Å²) in [6.45, 7) is 9.84. The van der Waals surface area contributed by atoms with Gasteiger partial charge in [-0.15, -0.1) is 0 Å². The van der Waals surface area contributed by atoms with Crippen LogP contribution in [0.15, 0.2) is 22.6 Å². The number of ether oxygens (including phenoxy) is 2. The summed E-state index contributed by atoms with van der Waals surface area (Å²) in [6, 6.07) is 4.94. The molecule has 1 saturated heterocycles. The van der Waals surface area contributed by atoms with Gasteiger partial charge in [0.15, 0.2) is 0 Å². The maximum Gasteiger partial charge on any atom is 0.238 e. The van der Waals surface area contributed by atoms with E-state index in [0.717, 1.165) is 17.6 Å². The number of hydrogen-bond donors (Lipinski definition) is 0. The first kappa shape index (κ1) is 19.3. The molecule has 0 bridgehead atoms. The molecule has 0 spiro atoms. The van der Waals surface area contributed by atoms with E-state index in [1.54, 1.807) is 6.92 Å². The molecule has 2 atom stereocenters. The van der Waals surface area contributed by atoms with E-state index in [0.29, 0.717) is 42.5 Å². The molecule has 0 amide bonds. The zero-order valence-electron chi connectivity index (χ0n) is 16.5. The third-order valence-electron chi connectivity index (χ3n) is 4.93. The lowest BCUT2D eigenvalue weighted by Crippen LogP contribution is -2.51. The molecule has 4 rings (SSSR count). The van der Waals surface area contributed by atoms with Crippen molar-refractivity contribution in [2.24, 2.45) is 4.40 Å². The lowest BCUT2D eigenvalue weighted by Gasteiger charge is -2.40. The second kappa shape index (κ2) is 7.08. The molecule has 150 valence electrons. The number of morpholine rings is 1. The highest BCUT2D eigenvalue weighted by molar-refractivity contribution is 7.85. The highest BCUT2D eigenvalue weighted by atomic mass is 32.2. The van der Waals surface area contributed by atoms with Crippen LogP contribution in [0.25, 0.3) is 10.9 Å². The zero-order valence-corrected chi connectivity index (χ0v) is 17.3. The van der Waals surface area contributed by atoms with Gasteiger partial charge in [0.2, 0.25) is 5.88 Å². The lowest BCUT2D eigenvalue weighted by molar-refractivity contribution is 0.0694. The molecule has 0 saturated carbocycles. The van der Waals surface area contributed by atoms with Crippen molar-refractivity contribution in [1.29, 1.82) is 0 Å². The van der Waals surface area contributed by atoms with Crippen LogP contribution in [0, 0.1) is 5.82 Å². The molecule has 8 heteroatoms. The van der Waals surface area contributed by atoms with Crippen LogP contribution in [0.3, 0.4) is 0 Å². The Hall–Kier alpha value is -2.06. The second-order valence-electron chi connectivity index (χ2n) is 8.10. The van der Waals surface area contributed by atoms with Crippen LogP contribution in [-0.2, 0) is 15.7 Å². The van der Waals surface area contributed by atoms with Crippen LogP contribution in [0.5, 0.6) is 5.88 Å². The standard InChI is InChI=1S/C20H24FN3O3S/c1-12(23-28(25)20(2,3)4)15-7-13(21)8-17-16(15)9-18-19(22-17)27-11-14-10-26-6-5-24(14)18/h7-9,14H,5-6,10-11H2,1-4H3/b23-12+/t14-,28+/m0/s1. The lowest BCUT2D eigenvalue weighted by atomic mass is 10.0. The normalized spacial score (nSPS) is 21.1. The number of nitrogens with zero attached hydrogens (tertiary/aromatic N) is 3. The Morgan fingerprint density at radius 3 is 2.86 bits per heavy atom. The predicted molar refractivity (Wildman–Crippen MR) is 109 cm³/mol. The summed E-state index contributed by atoms with van der Waals surface area (Å²) in [5.41, 5.74) is 2.49. The Bertz CT molecular complexity index is 987. The molecule has 1 aromatic heterocycles. The van der Waals surface area contributed by atoms with Gasteiger partial charge in [0, 0.05) is 23.6 Å². The number of pyridine rings is 1. The largest absolute Gasteiger partial charge is 0.474 e. The average molecular weight is 405 g/mol. The first-order chi connectivity index (χ1) is 13.2. The topological polar surface area (TPSA) is 64.0 Å². The van der Waals surface area contributed by atoms with E-state index in [4.69, 9.17) is 9.47 Å². The van der Waals surface area contributed by atoms with Gasteiger partial charge in [-0.1, -0.05) is 0 Å². The van der Waals surface area contributed by atoms with Crippen LogP contribution in [-0.4, -0.2) is 52.1 Å². The molecule has 3 heterocycles. The van der Waals surface area contributed by atoms with Crippen LogP contribution >= 0.6 is 0 Å². The summed E-state index contributed by atoms with van der Waals surface area (Å²) < 4.78 is 42.0. The minimum atomic E-state index is -1.43. The van der Waals surface area contributed by atoms with Gasteiger partial charge < -0.3 is 14.4 Å². The summed E-state index contributed by atoms with van der Waals surface area (Å²) in [7, 11) is -1.43. The van der Waals surface area contributed by atoms with Crippen LogP contribution in [0.1, 0.15) is 33.3 Å². The molecule has 0 radical (unpaired) electrons. The summed E-state index contributed by atoms with van der Waals surface area (Å²) in [4.78, 5) is 6.80. The van der Waals surface area contributed by atoms with E-state index in [1.165, 1.54) is 12.1 Å². The Kier molecular flexibility index (Phi) is 4.87. The van der Waals surface area contributed by atoms with Crippen molar-refractivity contribution in [2.45, 2.75) is 38.5 Å². The van der Waals surface area contributed by atoms with Crippen molar-refractivity contribution in [3.63, 3.8) is 0 Å². The van der Waals surface area contributed by atoms with Gasteiger partial charge in [-0.2, -0.15) is 4.40 Å². The minimum absolute atomic E-state index is 0.146. The number of fused-ring (bicyclic) bond motifs is 4. The molecular formula is C20H24FN3O3S. The number of aromatic nitrogens is 1. The van der Waals surface area contributed by atoms with Crippen molar-refractivity contribution in [2.75, 3.05) is 31.3 Å². The molecule has 0 aliphatic carbocycles. The van der Waals surface area contributed by atoms with E-state index in [9.17, 15) is 8.60 Å². The third-order valence-corrected chi connectivity index (χ3v) is 6.42. The Balaban J connectivity index is 1.86. The first-order valence-corrected chi connectivity index (χ1v) is 10.4. The predicted octanol–water partition coefficient (Wildman–Crippen LogP) is 3.24. The quantitative estimate of drug-likeness (QED) is 0.718. The van der Waals surface area contributed by atoms with Gasteiger partial charge in [0.05, 0.1) is 35.2 Å². The van der Waals surface area contributed by atoms with Gasteiger partial charge in [-0.3, -0.25) is 0 Å². The van der Waals surface area contributed by atoms with Gasteiger partial charge in [-0.05, 0) is 39.8 Å². The Morgan fingerprint density at radius 2 is 2.11 bits per heavy atom. The number of anilines is 1. The molecular weight excluding hydrogens is 381 g/mol. The second-order valence-corrected chi connectivity index (χ2v) is 10.0. The van der Waals surface area contributed by atoms with Gasteiger partial charge in [0.25, 0.3) is 0 Å². The van der Waals surface area contributed by atoms with Gasteiger partial charge in [-0.25, -0.2) is 13.6 Å². The van der Waals surface area contributed by atoms with Crippen LogP contribution < -0.4 is 9.64 Å². The SMILES string of the molecule is C/C(=N\[S@](=O)C(C)(C)C)c1cc(F)cc2nc3c(cc12)N1CCOC[C@H]1CO3. The number of halogens is 1. The molecule has 2 aromatic rings. The summed E-state index contributed by atoms with van der Waals surface area (Å²) in [6.07, 6.45) is 0. The van der Waals surface area contributed by atoms with Crippen LogP contribution in [0.2, 0.25) is 0 Å². The maximum absolute atomic E-state index is 14.3. The number of rotatable bonds is 2. The number of benzene rings is 1. The summed E-state index contributed by atoms with van der Waals surface area (Å²) >= 11 is 0. The maximum atomic E-state index is 14.3. The smallest absolute Gasteiger partial charge is 0.238 e. The Morgan fingerprint density at radius 1 is 1.32 bits per heavy atom. The molecule has 1 fully saturated rings. The molecule has 2 aliphatic heterocycles. The fourth-order valence-electron chi connectivity index (χ4n) is 3.42. The fourth-order valence-corrected chi connectivity index (χ4v) is 4.04.